The number of halogens is 2. The first kappa shape index (κ1) is 12.5. The van der Waals surface area contributed by atoms with Crippen LogP contribution in [0.25, 0.3) is 0 Å². The normalized spacial score (nSPS) is 8.77. The van der Waals surface area contributed by atoms with E-state index in [2.05, 4.69) is 15.9 Å². The smallest absolute Gasteiger partial charge is 0.184 e. The molecule has 1 aromatic rings. The fourth-order valence-corrected chi connectivity index (χ4v) is 1.35. The largest absolute Gasteiger partial charge is 0.484 e. The van der Waals surface area contributed by atoms with Crippen LogP contribution in [0, 0.1) is 5.41 Å². The summed E-state index contributed by atoms with van der Waals surface area (Å²) in [6, 6.07) is 7.86. The Labute approximate surface area is 92.3 Å². The van der Waals surface area contributed by atoms with E-state index in [1.165, 1.54) is 7.11 Å². The fourth-order valence-electron chi connectivity index (χ4n) is 0.904. The minimum absolute atomic E-state index is 0. The molecule has 0 bridgehead atoms. The van der Waals surface area contributed by atoms with Crippen LogP contribution in [-0.4, -0.2) is 13.0 Å². The van der Waals surface area contributed by atoms with E-state index in [0.29, 0.717) is 6.42 Å². The van der Waals surface area contributed by atoms with Crippen molar-refractivity contribution in [3.05, 3.63) is 34.3 Å². The molecule has 0 aromatic heterocycles. The van der Waals surface area contributed by atoms with Gasteiger partial charge in [-0.1, -0.05) is 28.1 Å². The third kappa shape index (κ3) is 4.29. The van der Waals surface area contributed by atoms with Gasteiger partial charge < -0.3 is 4.74 Å². The molecule has 0 unspecified atom stereocenters. The molecule has 1 aromatic carbocycles. The Hall–Kier alpha value is -0.540. The maximum atomic E-state index is 7.31. The van der Waals surface area contributed by atoms with Gasteiger partial charge in [0, 0.05) is 10.9 Å². The van der Waals surface area contributed by atoms with Crippen molar-refractivity contribution in [3.63, 3.8) is 0 Å². The Balaban J connectivity index is 0.00000144. The third-order valence-electron chi connectivity index (χ3n) is 1.50. The van der Waals surface area contributed by atoms with E-state index in [-0.39, 0.29) is 18.3 Å². The van der Waals surface area contributed by atoms with E-state index < -0.39 is 0 Å². The zero-order valence-electron chi connectivity index (χ0n) is 7.21. The van der Waals surface area contributed by atoms with Crippen LogP contribution in [-0.2, 0) is 11.2 Å². The van der Waals surface area contributed by atoms with E-state index in [4.69, 9.17) is 10.1 Å². The van der Waals surface area contributed by atoms with Crippen LogP contribution in [0.3, 0.4) is 0 Å². The molecule has 1 rings (SSSR count). The summed E-state index contributed by atoms with van der Waals surface area (Å²) in [4.78, 5) is 0. The Bertz CT molecular complexity index is 291. The highest BCUT2D eigenvalue weighted by molar-refractivity contribution is 9.10. The lowest BCUT2D eigenvalue weighted by molar-refractivity contribution is 0.390. The maximum Gasteiger partial charge on any atom is 0.184 e. The minimum atomic E-state index is 0. The molecular weight excluding hydrogens is 253 g/mol. The quantitative estimate of drug-likeness (QED) is 0.646. The molecule has 4 heteroatoms. The van der Waals surface area contributed by atoms with Crippen molar-refractivity contribution < 1.29 is 4.74 Å². The number of rotatable bonds is 2. The van der Waals surface area contributed by atoms with Crippen molar-refractivity contribution in [3.8, 4) is 0 Å². The molecule has 0 heterocycles. The number of hydrogen-bond acceptors (Lipinski definition) is 2. The summed E-state index contributed by atoms with van der Waals surface area (Å²) in [6.07, 6.45) is 0.552. The summed E-state index contributed by atoms with van der Waals surface area (Å²) in [6.45, 7) is 0. The van der Waals surface area contributed by atoms with Gasteiger partial charge in [-0.15, -0.1) is 12.4 Å². The van der Waals surface area contributed by atoms with Crippen molar-refractivity contribution in [2.75, 3.05) is 7.11 Å². The Kier molecular flexibility index (Phi) is 5.75. The molecule has 0 spiro atoms. The van der Waals surface area contributed by atoms with Crippen LogP contribution >= 0.6 is 28.3 Å². The van der Waals surface area contributed by atoms with Crippen molar-refractivity contribution >= 4 is 34.2 Å². The summed E-state index contributed by atoms with van der Waals surface area (Å²) in [5.74, 6) is 0.285. The molecule has 2 nitrogen and oxygen atoms in total. The summed E-state index contributed by atoms with van der Waals surface area (Å²) in [5, 5.41) is 7.31. The lowest BCUT2D eigenvalue weighted by Gasteiger charge is -2.02. The monoisotopic (exact) mass is 263 g/mol. The second-order valence-corrected chi connectivity index (χ2v) is 3.35. The van der Waals surface area contributed by atoms with E-state index in [1.807, 2.05) is 24.3 Å². The maximum absolute atomic E-state index is 7.31. The lowest BCUT2D eigenvalue weighted by atomic mass is 10.1. The van der Waals surface area contributed by atoms with Gasteiger partial charge in [-0.2, -0.15) is 0 Å². The van der Waals surface area contributed by atoms with Gasteiger partial charge in [0.05, 0.1) is 7.11 Å². The number of nitrogens with one attached hydrogen (secondary N) is 1. The first-order valence-electron chi connectivity index (χ1n) is 3.58. The molecule has 0 radical (unpaired) electrons. The van der Waals surface area contributed by atoms with Gasteiger partial charge in [0.25, 0.3) is 0 Å². The van der Waals surface area contributed by atoms with Crippen LogP contribution in [0.15, 0.2) is 28.7 Å². The van der Waals surface area contributed by atoms with Gasteiger partial charge in [-0.25, -0.2) is 0 Å². The number of benzene rings is 1. The summed E-state index contributed by atoms with van der Waals surface area (Å²) >= 11 is 3.36. The van der Waals surface area contributed by atoms with Crippen LogP contribution in [0.2, 0.25) is 0 Å². The first-order valence-corrected chi connectivity index (χ1v) is 4.37. The topological polar surface area (TPSA) is 33.1 Å². The van der Waals surface area contributed by atoms with Gasteiger partial charge in [0.1, 0.15) is 0 Å². The highest BCUT2D eigenvalue weighted by atomic mass is 79.9. The molecule has 0 amide bonds. The molecule has 0 saturated heterocycles. The molecule has 0 saturated carbocycles. The van der Waals surface area contributed by atoms with Crippen molar-refractivity contribution in [2.45, 2.75) is 6.42 Å². The van der Waals surface area contributed by atoms with E-state index in [0.717, 1.165) is 10.0 Å². The van der Waals surface area contributed by atoms with E-state index in [9.17, 15) is 0 Å². The van der Waals surface area contributed by atoms with Crippen LogP contribution in [0.1, 0.15) is 5.56 Å². The van der Waals surface area contributed by atoms with Gasteiger partial charge in [0.2, 0.25) is 0 Å². The number of hydrogen-bond donors (Lipinski definition) is 1. The summed E-state index contributed by atoms with van der Waals surface area (Å²) in [7, 11) is 1.51. The summed E-state index contributed by atoms with van der Waals surface area (Å²) in [5.41, 5.74) is 1.08. The van der Waals surface area contributed by atoms with Crippen LogP contribution in [0.5, 0.6) is 0 Å². The molecule has 0 aliphatic heterocycles. The molecule has 0 atom stereocenters. The lowest BCUT2D eigenvalue weighted by Crippen LogP contribution is -2.02. The third-order valence-corrected chi connectivity index (χ3v) is 1.99. The standard InChI is InChI=1S/C9H10BrNO.ClH/c1-12-9(11)6-7-3-2-4-8(10)5-7;/h2-5,11H,6H2,1H3;1H. The molecule has 13 heavy (non-hydrogen) atoms. The zero-order valence-corrected chi connectivity index (χ0v) is 9.61. The molecule has 0 aliphatic carbocycles. The van der Waals surface area contributed by atoms with Gasteiger partial charge in [-0.05, 0) is 17.7 Å². The SMILES string of the molecule is COC(=N)Cc1cccc(Br)c1.Cl. The highest BCUT2D eigenvalue weighted by Gasteiger charge is 1.98. The van der Waals surface area contributed by atoms with E-state index in [1.54, 1.807) is 0 Å². The number of methoxy groups -OCH3 is 1. The minimum Gasteiger partial charge on any atom is -0.484 e. The Morgan fingerprint density at radius 1 is 1.54 bits per heavy atom. The second kappa shape index (κ2) is 6.00. The van der Waals surface area contributed by atoms with Crippen molar-refractivity contribution in [1.82, 2.24) is 0 Å². The number of ether oxygens (including phenoxy) is 1. The first-order chi connectivity index (χ1) is 5.72. The average Bonchev–Trinajstić information content (AvgIpc) is 2.04. The second-order valence-electron chi connectivity index (χ2n) is 2.43. The van der Waals surface area contributed by atoms with Crippen LogP contribution < -0.4 is 0 Å². The van der Waals surface area contributed by atoms with E-state index >= 15 is 0 Å². The van der Waals surface area contributed by atoms with Crippen molar-refractivity contribution in [1.29, 1.82) is 5.41 Å². The fraction of sp³-hybridized carbons (Fsp3) is 0.222. The van der Waals surface area contributed by atoms with Gasteiger partial charge in [-0.3, -0.25) is 5.41 Å². The predicted octanol–water partition coefficient (Wildman–Crippen LogP) is 3.04. The molecule has 0 fully saturated rings. The van der Waals surface area contributed by atoms with Crippen molar-refractivity contribution in [2.24, 2.45) is 0 Å². The van der Waals surface area contributed by atoms with Gasteiger partial charge in [0.15, 0.2) is 5.90 Å². The molecule has 0 aliphatic rings. The molecule has 1 N–H and O–H groups in total. The zero-order chi connectivity index (χ0) is 8.97. The predicted molar refractivity (Wildman–Crippen MR) is 59.8 cm³/mol. The molecule has 72 valence electrons. The molecular formula is C9H11BrClNO. The summed E-state index contributed by atoms with van der Waals surface area (Å²) < 4.78 is 5.79. The Morgan fingerprint density at radius 3 is 2.77 bits per heavy atom. The van der Waals surface area contributed by atoms with Gasteiger partial charge >= 0.3 is 0 Å². The average molecular weight is 265 g/mol. The van der Waals surface area contributed by atoms with Crippen LogP contribution in [0.4, 0.5) is 0 Å². The Morgan fingerprint density at radius 2 is 2.23 bits per heavy atom. The highest BCUT2D eigenvalue weighted by Crippen LogP contribution is 2.12.